The van der Waals surface area contributed by atoms with Crippen LogP contribution >= 0.6 is 0 Å². The van der Waals surface area contributed by atoms with Crippen LogP contribution in [0, 0.1) is 5.41 Å². The van der Waals surface area contributed by atoms with Crippen molar-refractivity contribution in [1.82, 2.24) is 4.90 Å². The standard InChI is InChI=1S/C9H21N3O/c1-9(2,3)7-12(4)6-5-8(10)11-13/h13H,5-7H2,1-4H3,(H2,10,11). The summed E-state index contributed by atoms with van der Waals surface area (Å²) in [6, 6.07) is 0. The highest BCUT2D eigenvalue weighted by molar-refractivity contribution is 5.79. The number of amidine groups is 1. The number of nitrogens with zero attached hydrogens (tertiary/aromatic N) is 2. The van der Waals surface area contributed by atoms with Crippen molar-refractivity contribution in [3.05, 3.63) is 0 Å². The topological polar surface area (TPSA) is 61.8 Å². The number of rotatable bonds is 4. The second-order valence-electron chi connectivity index (χ2n) is 4.64. The van der Waals surface area contributed by atoms with Gasteiger partial charge in [-0.05, 0) is 12.5 Å². The summed E-state index contributed by atoms with van der Waals surface area (Å²) in [5, 5.41) is 11.2. The quantitative estimate of drug-likeness (QED) is 0.300. The minimum Gasteiger partial charge on any atom is -0.409 e. The third kappa shape index (κ3) is 7.59. The van der Waals surface area contributed by atoms with Crippen LogP contribution in [0.15, 0.2) is 5.16 Å². The van der Waals surface area contributed by atoms with Crippen molar-refractivity contribution < 1.29 is 5.21 Å². The fraction of sp³-hybridized carbons (Fsp3) is 0.889. The average molecular weight is 187 g/mol. The van der Waals surface area contributed by atoms with Crippen LogP contribution in [-0.4, -0.2) is 36.1 Å². The van der Waals surface area contributed by atoms with Gasteiger partial charge in [-0.1, -0.05) is 25.9 Å². The molecule has 0 aliphatic carbocycles. The van der Waals surface area contributed by atoms with Gasteiger partial charge in [0.05, 0.1) is 0 Å². The van der Waals surface area contributed by atoms with E-state index >= 15 is 0 Å². The van der Waals surface area contributed by atoms with Crippen LogP contribution < -0.4 is 5.73 Å². The molecule has 78 valence electrons. The Bertz CT molecular complexity index is 172. The van der Waals surface area contributed by atoms with Gasteiger partial charge in [-0.15, -0.1) is 0 Å². The van der Waals surface area contributed by atoms with Crippen molar-refractivity contribution in [2.45, 2.75) is 27.2 Å². The molecule has 0 amide bonds. The van der Waals surface area contributed by atoms with E-state index < -0.39 is 0 Å². The average Bonchev–Trinajstić information content (AvgIpc) is 1.97. The third-order valence-electron chi connectivity index (χ3n) is 1.62. The molecule has 4 nitrogen and oxygen atoms in total. The van der Waals surface area contributed by atoms with E-state index in [0.717, 1.165) is 13.1 Å². The van der Waals surface area contributed by atoms with Crippen LogP contribution in [0.2, 0.25) is 0 Å². The van der Waals surface area contributed by atoms with Gasteiger partial charge < -0.3 is 15.8 Å². The Morgan fingerprint density at radius 2 is 2.00 bits per heavy atom. The molecular formula is C9H21N3O. The Labute approximate surface area is 80.4 Å². The summed E-state index contributed by atoms with van der Waals surface area (Å²) < 4.78 is 0. The summed E-state index contributed by atoms with van der Waals surface area (Å²) in [4.78, 5) is 2.18. The normalized spacial score (nSPS) is 13.8. The van der Waals surface area contributed by atoms with Gasteiger partial charge in [0.25, 0.3) is 0 Å². The van der Waals surface area contributed by atoms with Crippen molar-refractivity contribution in [2.75, 3.05) is 20.1 Å². The second kappa shape index (κ2) is 5.07. The van der Waals surface area contributed by atoms with Gasteiger partial charge >= 0.3 is 0 Å². The molecular weight excluding hydrogens is 166 g/mol. The molecule has 0 aliphatic heterocycles. The molecule has 0 aromatic rings. The lowest BCUT2D eigenvalue weighted by Gasteiger charge is -2.26. The van der Waals surface area contributed by atoms with Crippen LogP contribution in [0.4, 0.5) is 0 Å². The third-order valence-corrected chi connectivity index (χ3v) is 1.62. The largest absolute Gasteiger partial charge is 0.409 e. The Kier molecular flexibility index (Phi) is 4.77. The number of nitrogens with two attached hydrogens (primary N) is 1. The molecule has 0 aromatic carbocycles. The zero-order valence-electron chi connectivity index (χ0n) is 9.04. The van der Waals surface area contributed by atoms with Crippen LogP contribution in [0.25, 0.3) is 0 Å². The fourth-order valence-corrected chi connectivity index (χ4v) is 1.24. The Morgan fingerprint density at radius 1 is 1.46 bits per heavy atom. The van der Waals surface area contributed by atoms with Gasteiger partial charge in [-0.25, -0.2) is 0 Å². The monoisotopic (exact) mass is 187 g/mol. The van der Waals surface area contributed by atoms with Gasteiger partial charge in [0.2, 0.25) is 0 Å². The van der Waals surface area contributed by atoms with Crippen LogP contribution in [0.1, 0.15) is 27.2 Å². The molecule has 3 N–H and O–H groups in total. The molecule has 0 radical (unpaired) electrons. The molecule has 0 atom stereocenters. The molecule has 0 aliphatic rings. The van der Waals surface area contributed by atoms with Crippen molar-refractivity contribution in [3.8, 4) is 0 Å². The first kappa shape index (κ1) is 12.2. The lowest BCUT2D eigenvalue weighted by atomic mass is 9.96. The minimum atomic E-state index is 0.292. The summed E-state index contributed by atoms with van der Waals surface area (Å²) in [7, 11) is 2.04. The maximum atomic E-state index is 8.32. The van der Waals surface area contributed by atoms with E-state index in [9.17, 15) is 0 Å². The molecule has 0 bridgehead atoms. The molecule has 0 saturated heterocycles. The molecule has 0 unspecified atom stereocenters. The summed E-state index contributed by atoms with van der Waals surface area (Å²) >= 11 is 0. The molecule has 0 rings (SSSR count). The zero-order valence-corrected chi connectivity index (χ0v) is 9.04. The van der Waals surface area contributed by atoms with E-state index in [4.69, 9.17) is 10.9 Å². The minimum absolute atomic E-state index is 0.292. The molecule has 13 heavy (non-hydrogen) atoms. The number of hydrogen-bond acceptors (Lipinski definition) is 3. The smallest absolute Gasteiger partial charge is 0.140 e. The van der Waals surface area contributed by atoms with E-state index in [1.807, 2.05) is 7.05 Å². The maximum Gasteiger partial charge on any atom is 0.140 e. The van der Waals surface area contributed by atoms with Crippen LogP contribution in [-0.2, 0) is 0 Å². The number of hydrogen-bond donors (Lipinski definition) is 2. The second-order valence-corrected chi connectivity index (χ2v) is 4.64. The molecule has 0 aromatic heterocycles. The molecule has 0 heterocycles. The van der Waals surface area contributed by atoms with Gasteiger partial charge in [0, 0.05) is 19.5 Å². The zero-order chi connectivity index (χ0) is 10.5. The SMILES string of the molecule is CN(CCC(N)=NO)CC(C)(C)C. The first-order valence-electron chi connectivity index (χ1n) is 4.50. The number of oxime groups is 1. The Hall–Kier alpha value is -0.770. The predicted molar refractivity (Wildman–Crippen MR) is 55.0 cm³/mol. The molecule has 0 fully saturated rings. The van der Waals surface area contributed by atoms with Crippen molar-refractivity contribution in [3.63, 3.8) is 0 Å². The fourth-order valence-electron chi connectivity index (χ4n) is 1.24. The highest BCUT2D eigenvalue weighted by Crippen LogP contribution is 2.13. The van der Waals surface area contributed by atoms with Gasteiger partial charge in [0.1, 0.15) is 5.84 Å². The Morgan fingerprint density at radius 3 is 2.38 bits per heavy atom. The summed E-state index contributed by atoms with van der Waals surface area (Å²) in [5.41, 5.74) is 5.65. The first-order valence-corrected chi connectivity index (χ1v) is 4.50. The van der Waals surface area contributed by atoms with Gasteiger partial charge in [-0.3, -0.25) is 0 Å². The van der Waals surface area contributed by atoms with E-state index in [1.165, 1.54) is 0 Å². The van der Waals surface area contributed by atoms with E-state index in [1.54, 1.807) is 0 Å². The van der Waals surface area contributed by atoms with Gasteiger partial charge in [0.15, 0.2) is 0 Å². The molecule has 0 saturated carbocycles. The summed E-state index contributed by atoms with van der Waals surface area (Å²) in [6.07, 6.45) is 0.614. The van der Waals surface area contributed by atoms with Crippen molar-refractivity contribution in [1.29, 1.82) is 0 Å². The lowest BCUT2D eigenvalue weighted by Crippen LogP contribution is -2.32. The van der Waals surface area contributed by atoms with E-state index in [-0.39, 0.29) is 0 Å². The van der Waals surface area contributed by atoms with Crippen LogP contribution in [0.3, 0.4) is 0 Å². The highest BCUT2D eigenvalue weighted by atomic mass is 16.4. The summed E-state index contributed by atoms with van der Waals surface area (Å²) in [6.45, 7) is 8.39. The molecule has 4 heteroatoms. The molecule has 0 spiro atoms. The van der Waals surface area contributed by atoms with E-state index in [2.05, 4.69) is 30.8 Å². The Balaban J connectivity index is 3.70. The summed E-state index contributed by atoms with van der Waals surface area (Å²) in [5.74, 6) is 0.292. The van der Waals surface area contributed by atoms with Gasteiger partial charge in [-0.2, -0.15) is 0 Å². The van der Waals surface area contributed by atoms with Crippen molar-refractivity contribution in [2.24, 2.45) is 16.3 Å². The predicted octanol–water partition coefficient (Wildman–Crippen LogP) is 1.10. The highest BCUT2D eigenvalue weighted by Gasteiger charge is 2.13. The van der Waals surface area contributed by atoms with E-state index in [0.29, 0.717) is 17.7 Å². The van der Waals surface area contributed by atoms with Crippen molar-refractivity contribution >= 4 is 5.84 Å². The van der Waals surface area contributed by atoms with Crippen LogP contribution in [0.5, 0.6) is 0 Å². The maximum absolute atomic E-state index is 8.32. The lowest BCUT2D eigenvalue weighted by molar-refractivity contribution is 0.230. The first-order chi connectivity index (χ1) is 5.85.